The Morgan fingerprint density at radius 3 is 2.25 bits per heavy atom. The summed E-state index contributed by atoms with van der Waals surface area (Å²) in [5.74, 6) is 0. The molecule has 1 aromatic rings. The van der Waals surface area contributed by atoms with E-state index in [4.69, 9.17) is 5.26 Å². The van der Waals surface area contributed by atoms with Crippen molar-refractivity contribution in [3.8, 4) is 6.07 Å². The van der Waals surface area contributed by atoms with Crippen LogP contribution in [0.3, 0.4) is 0 Å². The van der Waals surface area contributed by atoms with Gasteiger partial charge in [0.25, 0.3) is 10.0 Å². The van der Waals surface area contributed by atoms with E-state index in [0.717, 1.165) is 9.87 Å². The van der Waals surface area contributed by atoms with E-state index in [2.05, 4.69) is 0 Å². The van der Waals surface area contributed by atoms with Crippen LogP contribution >= 0.6 is 0 Å². The van der Waals surface area contributed by atoms with E-state index < -0.39 is 15.3 Å². The van der Waals surface area contributed by atoms with Gasteiger partial charge in [-0.15, -0.1) is 0 Å². The third kappa shape index (κ3) is 2.34. The second-order valence-corrected chi connectivity index (χ2v) is 5.90. The Morgan fingerprint density at radius 1 is 1.31 bits per heavy atom. The number of rotatable bonds is 3. The number of hydrogen-bond donors (Lipinski definition) is 0. The Hall–Kier alpha value is -1.54. The quantitative estimate of drug-likeness (QED) is 0.804. The van der Waals surface area contributed by atoms with Crippen molar-refractivity contribution in [1.29, 1.82) is 5.26 Å². The van der Waals surface area contributed by atoms with Gasteiger partial charge in [-0.3, -0.25) is 4.31 Å². The molecule has 0 heterocycles. The van der Waals surface area contributed by atoms with Crippen LogP contribution in [-0.2, 0) is 10.0 Å². The summed E-state index contributed by atoms with van der Waals surface area (Å²) in [6.45, 7) is 3.30. The number of benzene rings is 1. The first kappa shape index (κ1) is 12.5. The molecule has 0 bridgehead atoms. The third-order valence-electron chi connectivity index (χ3n) is 2.41. The summed E-state index contributed by atoms with van der Waals surface area (Å²) in [7, 11) is -2.13. The summed E-state index contributed by atoms with van der Waals surface area (Å²) in [5.41, 5.74) is 1.62. The molecule has 0 fully saturated rings. The maximum Gasteiger partial charge on any atom is 0.251 e. The van der Waals surface area contributed by atoms with Crippen LogP contribution in [0.1, 0.15) is 12.5 Å². The second-order valence-electron chi connectivity index (χ2n) is 3.62. The Labute approximate surface area is 96.2 Å². The first-order chi connectivity index (χ1) is 7.39. The van der Waals surface area contributed by atoms with Gasteiger partial charge in [0.15, 0.2) is 5.25 Å². The minimum Gasteiger partial charge on any atom is -0.272 e. The van der Waals surface area contributed by atoms with Crippen molar-refractivity contribution in [3.05, 3.63) is 29.8 Å². The molecule has 1 atom stereocenters. The van der Waals surface area contributed by atoms with E-state index in [9.17, 15) is 8.42 Å². The number of anilines is 1. The topological polar surface area (TPSA) is 61.2 Å². The maximum atomic E-state index is 11.9. The zero-order valence-corrected chi connectivity index (χ0v) is 10.3. The van der Waals surface area contributed by atoms with E-state index in [1.807, 2.05) is 19.1 Å². The average Bonchev–Trinajstić information content (AvgIpc) is 2.28. The Bertz CT molecular complexity index is 500. The maximum absolute atomic E-state index is 11.9. The molecule has 1 unspecified atom stereocenters. The van der Waals surface area contributed by atoms with Gasteiger partial charge in [-0.05, 0) is 26.0 Å². The zero-order chi connectivity index (χ0) is 12.3. The molecular formula is C11H14N2O2S. The van der Waals surface area contributed by atoms with E-state index in [0.29, 0.717) is 5.69 Å². The number of hydrogen-bond acceptors (Lipinski definition) is 3. The molecule has 0 spiro atoms. The molecule has 0 saturated carbocycles. The molecule has 0 amide bonds. The van der Waals surface area contributed by atoms with Gasteiger partial charge in [-0.25, -0.2) is 8.42 Å². The molecule has 1 rings (SSSR count). The molecule has 0 aliphatic carbocycles. The molecular weight excluding hydrogens is 224 g/mol. The van der Waals surface area contributed by atoms with Gasteiger partial charge in [0.1, 0.15) is 0 Å². The van der Waals surface area contributed by atoms with Crippen LogP contribution in [0.2, 0.25) is 0 Å². The van der Waals surface area contributed by atoms with Gasteiger partial charge in [-0.2, -0.15) is 5.26 Å². The molecule has 0 saturated heterocycles. The summed E-state index contributed by atoms with van der Waals surface area (Å²) in [6, 6.07) is 8.84. The molecule has 16 heavy (non-hydrogen) atoms. The van der Waals surface area contributed by atoms with Crippen LogP contribution in [0.4, 0.5) is 5.69 Å². The predicted molar refractivity (Wildman–Crippen MR) is 63.6 cm³/mol. The summed E-state index contributed by atoms with van der Waals surface area (Å²) >= 11 is 0. The Kier molecular flexibility index (Phi) is 3.55. The van der Waals surface area contributed by atoms with Crippen molar-refractivity contribution < 1.29 is 8.42 Å². The smallest absolute Gasteiger partial charge is 0.251 e. The standard InChI is InChI=1S/C11H14N2O2S/c1-9-4-6-11(7-5-9)13(3)16(14,15)10(2)8-12/h4-7,10H,1-3H3. The molecule has 1 aromatic carbocycles. The molecule has 0 aromatic heterocycles. The minimum atomic E-state index is -3.58. The van der Waals surface area contributed by atoms with Gasteiger partial charge < -0.3 is 0 Å². The highest BCUT2D eigenvalue weighted by atomic mass is 32.2. The van der Waals surface area contributed by atoms with Gasteiger partial charge in [0.2, 0.25) is 0 Å². The highest BCUT2D eigenvalue weighted by Crippen LogP contribution is 2.19. The lowest BCUT2D eigenvalue weighted by Gasteiger charge is -2.20. The molecule has 0 aliphatic heterocycles. The first-order valence-corrected chi connectivity index (χ1v) is 6.34. The van der Waals surface area contributed by atoms with E-state index >= 15 is 0 Å². The van der Waals surface area contributed by atoms with Crippen molar-refractivity contribution in [2.24, 2.45) is 0 Å². The molecule has 0 N–H and O–H groups in total. The van der Waals surface area contributed by atoms with Gasteiger partial charge >= 0.3 is 0 Å². The highest BCUT2D eigenvalue weighted by Gasteiger charge is 2.25. The predicted octanol–water partition coefficient (Wildman–Crippen LogP) is 1.67. The lowest BCUT2D eigenvalue weighted by atomic mass is 10.2. The highest BCUT2D eigenvalue weighted by molar-refractivity contribution is 7.93. The largest absolute Gasteiger partial charge is 0.272 e. The van der Waals surface area contributed by atoms with E-state index in [1.165, 1.54) is 14.0 Å². The molecule has 0 radical (unpaired) electrons. The Balaban J connectivity index is 3.08. The molecule has 4 nitrogen and oxygen atoms in total. The number of aryl methyl sites for hydroxylation is 1. The lowest BCUT2D eigenvalue weighted by molar-refractivity contribution is 0.590. The first-order valence-electron chi connectivity index (χ1n) is 4.83. The molecule has 5 heteroatoms. The average molecular weight is 238 g/mol. The van der Waals surface area contributed by atoms with Gasteiger partial charge in [0, 0.05) is 7.05 Å². The van der Waals surface area contributed by atoms with Crippen molar-refractivity contribution in [3.63, 3.8) is 0 Å². The van der Waals surface area contributed by atoms with Crippen molar-refractivity contribution in [1.82, 2.24) is 0 Å². The lowest BCUT2D eigenvalue weighted by Crippen LogP contribution is -2.33. The summed E-state index contributed by atoms with van der Waals surface area (Å²) < 4.78 is 24.8. The number of nitrogens with zero attached hydrogens (tertiary/aromatic N) is 2. The molecule has 0 aliphatic rings. The van der Waals surface area contributed by atoms with Gasteiger partial charge in [0.05, 0.1) is 11.8 Å². The SMILES string of the molecule is Cc1ccc(N(C)S(=O)(=O)C(C)C#N)cc1. The summed E-state index contributed by atoms with van der Waals surface area (Å²) in [6.07, 6.45) is 0. The normalized spacial score (nSPS) is 12.9. The van der Waals surface area contributed by atoms with Crippen molar-refractivity contribution in [2.45, 2.75) is 19.1 Å². The van der Waals surface area contributed by atoms with Crippen LogP contribution in [0, 0.1) is 18.3 Å². The number of nitriles is 1. The van der Waals surface area contributed by atoms with Crippen LogP contribution in [0.25, 0.3) is 0 Å². The summed E-state index contributed by atoms with van der Waals surface area (Å²) in [4.78, 5) is 0. The Morgan fingerprint density at radius 2 is 1.81 bits per heavy atom. The van der Waals surface area contributed by atoms with Gasteiger partial charge in [-0.1, -0.05) is 17.7 Å². The molecule has 86 valence electrons. The van der Waals surface area contributed by atoms with Crippen LogP contribution in [0.5, 0.6) is 0 Å². The monoisotopic (exact) mass is 238 g/mol. The van der Waals surface area contributed by atoms with E-state index in [-0.39, 0.29) is 0 Å². The van der Waals surface area contributed by atoms with E-state index in [1.54, 1.807) is 18.2 Å². The summed E-state index contributed by atoms with van der Waals surface area (Å²) in [5, 5.41) is 7.61. The second kappa shape index (κ2) is 4.54. The van der Waals surface area contributed by atoms with Crippen LogP contribution in [-0.4, -0.2) is 20.7 Å². The zero-order valence-electron chi connectivity index (χ0n) is 9.51. The van der Waals surface area contributed by atoms with Crippen LogP contribution in [0.15, 0.2) is 24.3 Å². The fraction of sp³-hybridized carbons (Fsp3) is 0.364. The van der Waals surface area contributed by atoms with Crippen molar-refractivity contribution >= 4 is 15.7 Å². The number of sulfonamides is 1. The minimum absolute atomic E-state index is 0.563. The fourth-order valence-corrected chi connectivity index (χ4v) is 2.23. The van der Waals surface area contributed by atoms with Crippen molar-refractivity contribution in [2.75, 3.05) is 11.4 Å². The fourth-order valence-electron chi connectivity index (χ4n) is 1.21. The van der Waals surface area contributed by atoms with Crippen LogP contribution < -0.4 is 4.31 Å². The third-order valence-corrected chi connectivity index (χ3v) is 4.38.